The first-order valence-corrected chi connectivity index (χ1v) is 14.8. The molecule has 4 aromatic rings. The minimum atomic E-state index is -0.448. The van der Waals surface area contributed by atoms with E-state index >= 15 is 0 Å². The van der Waals surface area contributed by atoms with Crippen LogP contribution >= 0.6 is 0 Å². The van der Waals surface area contributed by atoms with Crippen molar-refractivity contribution in [3.05, 3.63) is 82.9 Å². The Kier molecular flexibility index (Phi) is 7.67. The van der Waals surface area contributed by atoms with Crippen molar-refractivity contribution in [1.29, 1.82) is 0 Å². The number of phenols is 4. The van der Waals surface area contributed by atoms with E-state index in [1.54, 1.807) is 48.5 Å². The molecule has 12 heteroatoms. The number of ether oxygens (including phenoxy) is 6. The number of aromatic hydroxyl groups is 4. The van der Waals surface area contributed by atoms with Gasteiger partial charge in [0.15, 0.2) is 46.0 Å². The van der Waals surface area contributed by atoms with Crippen molar-refractivity contribution >= 4 is 0 Å². The van der Waals surface area contributed by atoms with Crippen molar-refractivity contribution in [3.63, 3.8) is 0 Å². The molecule has 3 heterocycles. The molecule has 46 heavy (non-hydrogen) atoms. The summed E-state index contributed by atoms with van der Waals surface area (Å²) in [5, 5.41) is 43.8. The Labute approximate surface area is 265 Å². The third-order valence-corrected chi connectivity index (χ3v) is 8.75. The second-order valence-electron chi connectivity index (χ2n) is 11.3. The van der Waals surface area contributed by atoms with Gasteiger partial charge in [0.1, 0.15) is 11.5 Å². The number of hydrogen-bond acceptors (Lipinski definition) is 12. The van der Waals surface area contributed by atoms with E-state index in [4.69, 9.17) is 28.4 Å². The molecular formula is C34H34N2O10. The van der Waals surface area contributed by atoms with Crippen LogP contribution < -0.4 is 28.4 Å². The third kappa shape index (κ3) is 5.25. The van der Waals surface area contributed by atoms with Crippen LogP contribution in [0.25, 0.3) is 0 Å². The molecule has 0 amide bonds. The third-order valence-electron chi connectivity index (χ3n) is 8.75. The number of phenolic OH excluding ortho intramolecular Hbond substituents is 4. The van der Waals surface area contributed by atoms with E-state index in [9.17, 15) is 20.4 Å². The van der Waals surface area contributed by atoms with Crippen LogP contribution in [-0.4, -0.2) is 84.2 Å². The predicted octanol–water partition coefficient (Wildman–Crippen LogP) is 4.48. The van der Waals surface area contributed by atoms with Crippen LogP contribution in [0.4, 0.5) is 0 Å². The highest BCUT2D eigenvalue weighted by Crippen LogP contribution is 2.47. The summed E-state index contributed by atoms with van der Waals surface area (Å²) in [6, 6.07) is 16.2. The SMILES string of the molecule is COc1ccc([C@H](c2cc3c(cc2O)OCO3)N2CCN([C@H](c3ccc(OC)c(O)c3)c3cc4c(cc3O)OCO4)CC2)cc1O. The minimum absolute atomic E-state index is 0.0125. The van der Waals surface area contributed by atoms with E-state index in [2.05, 4.69) is 9.80 Å². The van der Waals surface area contributed by atoms with E-state index < -0.39 is 12.1 Å². The zero-order chi connectivity index (χ0) is 31.9. The van der Waals surface area contributed by atoms with E-state index in [1.807, 2.05) is 12.1 Å². The number of fused-ring (bicyclic) bond motifs is 2. The highest BCUT2D eigenvalue weighted by Gasteiger charge is 2.35. The van der Waals surface area contributed by atoms with Crippen LogP contribution in [0.1, 0.15) is 34.3 Å². The van der Waals surface area contributed by atoms with Crippen LogP contribution in [0.3, 0.4) is 0 Å². The molecule has 0 spiro atoms. The topological polar surface area (TPSA) is 143 Å². The Morgan fingerprint density at radius 1 is 0.522 bits per heavy atom. The normalized spacial score (nSPS) is 17.1. The molecule has 12 nitrogen and oxygen atoms in total. The summed E-state index contributed by atoms with van der Waals surface area (Å²) in [4.78, 5) is 4.44. The average molecular weight is 631 g/mol. The van der Waals surface area contributed by atoms with Crippen molar-refractivity contribution < 1.29 is 48.8 Å². The van der Waals surface area contributed by atoms with Gasteiger partial charge >= 0.3 is 0 Å². The molecular weight excluding hydrogens is 596 g/mol. The molecule has 7 rings (SSSR count). The summed E-state index contributed by atoms with van der Waals surface area (Å²) in [7, 11) is 2.98. The summed E-state index contributed by atoms with van der Waals surface area (Å²) < 4.78 is 32.8. The number of methoxy groups -OCH3 is 2. The first kappa shape index (κ1) is 29.5. The number of rotatable bonds is 8. The first-order valence-electron chi connectivity index (χ1n) is 14.8. The summed E-state index contributed by atoms with van der Waals surface area (Å²) in [5.41, 5.74) is 2.72. The molecule has 1 fully saturated rings. The van der Waals surface area contributed by atoms with Crippen LogP contribution in [-0.2, 0) is 0 Å². The summed E-state index contributed by atoms with van der Waals surface area (Å²) in [6.45, 7) is 2.34. The van der Waals surface area contributed by atoms with E-state index in [1.165, 1.54) is 14.2 Å². The Balaban J connectivity index is 1.24. The lowest BCUT2D eigenvalue weighted by molar-refractivity contribution is 0.0881. The van der Waals surface area contributed by atoms with Gasteiger partial charge in [0.2, 0.25) is 13.6 Å². The quantitative estimate of drug-likeness (QED) is 0.218. The molecule has 4 aromatic carbocycles. The molecule has 0 bridgehead atoms. The average Bonchev–Trinajstić information content (AvgIpc) is 3.71. The summed E-state index contributed by atoms with van der Waals surface area (Å²) in [5.74, 6) is 2.76. The van der Waals surface area contributed by atoms with Gasteiger partial charge in [-0.05, 0) is 47.5 Å². The van der Waals surface area contributed by atoms with E-state index in [0.29, 0.717) is 71.8 Å². The number of nitrogens with zero attached hydrogens (tertiary/aromatic N) is 2. The zero-order valence-corrected chi connectivity index (χ0v) is 25.3. The Bertz CT molecular complexity index is 1640. The van der Waals surface area contributed by atoms with Crippen LogP contribution in [0.5, 0.6) is 57.5 Å². The van der Waals surface area contributed by atoms with Gasteiger partial charge in [0.05, 0.1) is 26.3 Å². The van der Waals surface area contributed by atoms with Crippen LogP contribution in [0, 0.1) is 0 Å². The molecule has 0 radical (unpaired) electrons. The number of benzene rings is 4. The molecule has 0 unspecified atom stereocenters. The monoisotopic (exact) mass is 630 g/mol. The fourth-order valence-electron chi connectivity index (χ4n) is 6.51. The number of hydrogen-bond donors (Lipinski definition) is 4. The second kappa shape index (κ2) is 12.0. The van der Waals surface area contributed by atoms with Crippen molar-refractivity contribution in [2.45, 2.75) is 12.1 Å². The van der Waals surface area contributed by atoms with Gasteiger partial charge in [-0.3, -0.25) is 9.80 Å². The Hall–Kier alpha value is -5.20. The molecule has 4 N–H and O–H groups in total. The predicted molar refractivity (Wildman–Crippen MR) is 165 cm³/mol. The molecule has 2 atom stereocenters. The maximum Gasteiger partial charge on any atom is 0.231 e. The lowest BCUT2D eigenvalue weighted by atomic mass is 9.92. The molecule has 0 aromatic heterocycles. The van der Waals surface area contributed by atoms with Gasteiger partial charge in [-0.25, -0.2) is 0 Å². The van der Waals surface area contributed by atoms with Gasteiger partial charge in [-0.2, -0.15) is 0 Å². The van der Waals surface area contributed by atoms with Crippen molar-refractivity contribution in [2.24, 2.45) is 0 Å². The second-order valence-corrected chi connectivity index (χ2v) is 11.3. The standard InChI is InChI=1S/C34H34N2O10/c1-41-27-5-3-19(11-25(27)39)33(21-13-29-31(15-23(21)37)45-17-43-29)35-7-9-36(10-8-35)34(20-4-6-28(42-2)26(40)12-20)22-14-30-32(16-24(22)38)46-18-44-30/h3-6,11-16,33-34,37-40H,7-10,17-18H2,1-2H3/t33-,34-/m1/s1. The van der Waals surface area contributed by atoms with Crippen molar-refractivity contribution in [2.75, 3.05) is 54.0 Å². The molecule has 3 aliphatic rings. The highest BCUT2D eigenvalue weighted by molar-refractivity contribution is 5.57. The smallest absolute Gasteiger partial charge is 0.231 e. The summed E-state index contributed by atoms with van der Waals surface area (Å²) in [6.07, 6.45) is 0. The molecule has 3 aliphatic heterocycles. The fraction of sp³-hybridized carbons (Fsp3) is 0.294. The lowest BCUT2D eigenvalue weighted by Crippen LogP contribution is -2.49. The molecule has 240 valence electrons. The van der Waals surface area contributed by atoms with Gasteiger partial charge in [0.25, 0.3) is 0 Å². The van der Waals surface area contributed by atoms with Gasteiger partial charge in [0, 0.05) is 49.4 Å². The maximum absolute atomic E-state index is 11.2. The molecule has 0 aliphatic carbocycles. The Morgan fingerprint density at radius 2 is 0.891 bits per heavy atom. The highest BCUT2D eigenvalue weighted by atomic mass is 16.7. The van der Waals surface area contributed by atoms with Gasteiger partial charge < -0.3 is 48.8 Å². The number of piperazine rings is 1. The van der Waals surface area contributed by atoms with E-state index in [0.717, 1.165) is 11.1 Å². The zero-order valence-electron chi connectivity index (χ0n) is 25.3. The van der Waals surface area contributed by atoms with Crippen molar-refractivity contribution in [1.82, 2.24) is 9.80 Å². The van der Waals surface area contributed by atoms with Crippen molar-refractivity contribution in [3.8, 4) is 57.5 Å². The van der Waals surface area contributed by atoms with Crippen LogP contribution in [0.2, 0.25) is 0 Å². The maximum atomic E-state index is 11.2. The lowest BCUT2D eigenvalue weighted by Gasteiger charge is -2.43. The largest absolute Gasteiger partial charge is 0.507 e. The first-order chi connectivity index (χ1) is 22.3. The molecule has 0 saturated carbocycles. The molecule has 1 saturated heterocycles. The van der Waals surface area contributed by atoms with E-state index in [-0.39, 0.29) is 36.6 Å². The van der Waals surface area contributed by atoms with Gasteiger partial charge in [-0.15, -0.1) is 0 Å². The van der Waals surface area contributed by atoms with Crippen LogP contribution in [0.15, 0.2) is 60.7 Å². The van der Waals surface area contributed by atoms with Gasteiger partial charge in [-0.1, -0.05) is 12.1 Å². The fourth-order valence-corrected chi connectivity index (χ4v) is 6.51. The summed E-state index contributed by atoms with van der Waals surface area (Å²) >= 11 is 0. The Morgan fingerprint density at radius 3 is 1.24 bits per heavy atom. The minimum Gasteiger partial charge on any atom is -0.507 e.